The first kappa shape index (κ1) is 29.0. The number of fused-ring (bicyclic) bond motifs is 1. The van der Waals surface area contributed by atoms with E-state index in [-0.39, 0.29) is 28.5 Å². The zero-order valence-corrected chi connectivity index (χ0v) is 24.4. The number of rotatable bonds is 8. The summed E-state index contributed by atoms with van der Waals surface area (Å²) in [5, 5.41) is 0. The van der Waals surface area contributed by atoms with Crippen LogP contribution in [0.4, 0.5) is 33.5 Å². The SMILES string of the molecule is COc1ncnc(C2CC2)c1-c1ncc2c(n1)N(Cc1ccc(-c3nc(C(C)(F)F)cn3C(F)F)c(F)c1)C1(CC1)C(=O)N2C. The van der Waals surface area contributed by atoms with Gasteiger partial charge in [0.15, 0.2) is 11.6 Å². The van der Waals surface area contributed by atoms with Crippen molar-refractivity contribution >= 4 is 17.4 Å². The van der Waals surface area contributed by atoms with Crippen LogP contribution in [-0.2, 0) is 17.3 Å². The van der Waals surface area contributed by atoms with Gasteiger partial charge in [-0.25, -0.2) is 29.3 Å². The van der Waals surface area contributed by atoms with Gasteiger partial charge in [0.05, 0.1) is 24.6 Å². The minimum absolute atomic E-state index is 0.0414. The summed E-state index contributed by atoms with van der Waals surface area (Å²) in [6.45, 7) is -2.65. The van der Waals surface area contributed by atoms with Crippen LogP contribution in [0.3, 0.4) is 0 Å². The molecule has 1 amide bonds. The number of amides is 1. The number of halogens is 5. The predicted molar refractivity (Wildman–Crippen MR) is 152 cm³/mol. The lowest BCUT2D eigenvalue weighted by molar-refractivity contribution is -0.120. The third-order valence-corrected chi connectivity index (χ3v) is 8.54. The minimum Gasteiger partial charge on any atom is -0.480 e. The van der Waals surface area contributed by atoms with Gasteiger partial charge in [0.25, 0.3) is 11.8 Å². The smallest absolute Gasteiger partial charge is 0.320 e. The van der Waals surface area contributed by atoms with E-state index in [2.05, 4.69) is 19.9 Å². The molecule has 1 spiro atoms. The molecule has 4 aromatic rings. The average Bonchev–Trinajstić information content (AvgIpc) is 3.95. The molecule has 45 heavy (non-hydrogen) atoms. The van der Waals surface area contributed by atoms with Crippen molar-refractivity contribution in [3.05, 3.63) is 59.7 Å². The van der Waals surface area contributed by atoms with Crippen LogP contribution < -0.4 is 14.5 Å². The molecule has 3 aliphatic rings. The minimum atomic E-state index is -3.50. The third kappa shape index (κ3) is 4.75. The second-order valence-electron chi connectivity index (χ2n) is 11.6. The molecule has 0 bridgehead atoms. The lowest BCUT2D eigenvalue weighted by Gasteiger charge is -2.41. The van der Waals surface area contributed by atoms with Crippen molar-refractivity contribution in [2.24, 2.45) is 0 Å². The highest BCUT2D eigenvalue weighted by molar-refractivity contribution is 6.09. The topological polar surface area (TPSA) is 102 Å². The molecule has 0 atom stereocenters. The monoisotopic (exact) mass is 626 g/mol. The fourth-order valence-corrected chi connectivity index (χ4v) is 5.88. The zero-order chi connectivity index (χ0) is 31.8. The number of likely N-dealkylation sites (N-methyl/N-ethyl adjacent to an activating group) is 1. The summed E-state index contributed by atoms with van der Waals surface area (Å²) < 4.78 is 76.4. The molecule has 0 N–H and O–H groups in total. The molecule has 15 heteroatoms. The molecule has 1 aromatic carbocycles. The fraction of sp³-hybridized carbons (Fsp3) is 0.400. The van der Waals surface area contributed by atoms with Gasteiger partial charge in [0, 0.05) is 32.6 Å². The molecule has 0 unspecified atom stereocenters. The molecule has 3 aromatic heterocycles. The quantitative estimate of drug-likeness (QED) is 0.225. The molecule has 2 fully saturated rings. The number of anilines is 2. The molecule has 7 rings (SSSR count). The molecule has 10 nitrogen and oxygen atoms in total. The highest BCUT2D eigenvalue weighted by Crippen LogP contribution is 2.53. The van der Waals surface area contributed by atoms with Crippen LogP contribution in [0.1, 0.15) is 62.0 Å². The van der Waals surface area contributed by atoms with E-state index in [0.29, 0.717) is 60.3 Å². The second kappa shape index (κ2) is 10.2. The first-order chi connectivity index (χ1) is 21.4. The summed E-state index contributed by atoms with van der Waals surface area (Å²) >= 11 is 0. The number of benzene rings is 1. The largest absolute Gasteiger partial charge is 0.480 e. The lowest BCUT2D eigenvalue weighted by Crippen LogP contribution is -2.54. The standard InChI is InChI=1S/C30H27F5N8O2/c1-29(34,35)20-13-42(28(32)33)24(39-20)17-7-4-15(10-18(17)31)12-43-25-19(41(2)27(44)30(43)8-9-30)11-36-23(40-25)21-22(16-5-6-16)37-14-38-26(21)45-3/h4,7,10-11,13-14,16,28H,5-6,8-9,12H2,1-3H3. The van der Waals surface area contributed by atoms with Gasteiger partial charge >= 0.3 is 6.55 Å². The van der Waals surface area contributed by atoms with Crippen molar-refractivity contribution in [2.75, 3.05) is 24.0 Å². The number of carbonyl (C=O) groups excluding carboxylic acids is 1. The Morgan fingerprint density at radius 1 is 1.13 bits per heavy atom. The number of hydrogen-bond donors (Lipinski definition) is 0. The van der Waals surface area contributed by atoms with Crippen molar-refractivity contribution in [1.82, 2.24) is 29.5 Å². The molecule has 2 aliphatic carbocycles. The van der Waals surface area contributed by atoms with Crippen molar-refractivity contribution in [2.45, 2.75) is 63.1 Å². The molecule has 2 saturated carbocycles. The number of aromatic nitrogens is 6. The Hall–Kier alpha value is -4.69. The van der Waals surface area contributed by atoms with Gasteiger partial charge < -0.3 is 14.5 Å². The summed E-state index contributed by atoms with van der Waals surface area (Å²) in [5.41, 5.74) is 0.0297. The van der Waals surface area contributed by atoms with Gasteiger partial charge in [0.1, 0.15) is 40.5 Å². The number of alkyl halides is 4. The van der Waals surface area contributed by atoms with Crippen LogP contribution in [0, 0.1) is 5.82 Å². The highest BCUT2D eigenvalue weighted by atomic mass is 19.3. The molecule has 4 heterocycles. The van der Waals surface area contributed by atoms with E-state index in [9.17, 15) is 22.4 Å². The lowest BCUT2D eigenvalue weighted by atomic mass is 10.0. The van der Waals surface area contributed by atoms with Gasteiger partial charge in [-0.1, -0.05) is 6.07 Å². The molecule has 0 saturated heterocycles. The molecular weight excluding hydrogens is 599 g/mol. The maximum atomic E-state index is 15.5. The van der Waals surface area contributed by atoms with Crippen LogP contribution in [0.25, 0.3) is 22.8 Å². The van der Waals surface area contributed by atoms with E-state index in [4.69, 9.17) is 9.72 Å². The predicted octanol–water partition coefficient (Wildman–Crippen LogP) is 5.84. The van der Waals surface area contributed by atoms with Crippen molar-refractivity contribution in [1.29, 1.82) is 0 Å². The van der Waals surface area contributed by atoms with E-state index < -0.39 is 35.3 Å². The van der Waals surface area contributed by atoms with E-state index >= 15 is 4.39 Å². The van der Waals surface area contributed by atoms with Gasteiger partial charge in [-0.15, -0.1) is 0 Å². The molecule has 234 valence electrons. The Morgan fingerprint density at radius 2 is 1.89 bits per heavy atom. The first-order valence-corrected chi connectivity index (χ1v) is 14.3. The van der Waals surface area contributed by atoms with Crippen LogP contribution in [0.15, 0.2) is 36.9 Å². The number of ether oxygens (including phenoxy) is 1. The fourth-order valence-electron chi connectivity index (χ4n) is 5.88. The van der Waals surface area contributed by atoms with Crippen molar-refractivity contribution < 1.29 is 31.5 Å². The Balaban J connectivity index is 1.29. The van der Waals surface area contributed by atoms with Crippen molar-refractivity contribution in [3.8, 4) is 28.7 Å². The number of hydrogen-bond acceptors (Lipinski definition) is 8. The first-order valence-electron chi connectivity index (χ1n) is 14.3. The summed E-state index contributed by atoms with van der Waals surface area (Å²) in [6, 6.07) is 3.84. The van der Waals surface area contributed by atoms with E-state index in [1.807, 2.05) is 4.90 Å². The molecule has 0 radical (unpaired) electrons. The van der Waals surface area contributed by atoms with Gasteiger partial charge in [-0.2, -0.15) is 17.6 Å². The summed E-state index contributed by atoms with van der Waals surface area (Å²) in [6.07, 6.45) is 6.52. The number of methoxy groups -OCH3 is 1. The summed E-state index contributed by atoms with van der Waals surface area (Å²) in [7, 11) is 3.15. The Labute approximate surface area is 253 Å². The number of nitrogens with zero attached hydrogens (tertiary/aromatic N) is 8. The van der Waals surface area contributed by atoms with E-state index in [1.165, 1.54) is 30.5 Å². The zero-order valence-electron chi connectivity index (χ0n) is 24.4. The summed E-state index contributed by atoms with van der Waals surface area (Å²) in [4.78, 5) is 38.7. The van der Waals surface area contributed by atoms with Gasteiger partial charge in [-0.05, 0) is 43.4 Å². The van der Waals surface area contributed by atoms with Crippen LogP contribution >= 0.6 is 0 Å². The van der Waals surface area contributed by atoms with Crippen LogP contribution in [0.5, 0.6) is 5.88 Å². The molecule has 1 aliphatic heterocycles. The number of carbonyl (C=O) groups is 1. The Morgan fingerprint density at radius 3 is 2.51 bits per heavy atom. The highest BCUT2D eigenvalue weighted by Gasteiger charge is 2.59. The van der Waals surface area contributed by atoms with E-state index in [1.54, 1.807) is 13.2 Å². The Bertz CT molecular complexity index is 1830. The van der Waals surface area contributed by atoms with E-state index in [0.717, 1.165) is 24.6 Å². The normalized spacial score (nSPS) is 17.3. The third-order valence-electron chi connectivity index (χ3n) is 8.54. The summed E-state index contributed by atoms with van der Waals surface area (Å²) in [5.74, 6) is -3.89. The second-order valence-corrected chi connectivity index (χ2v) is 11.6. The van der Waals surface area contributed by atoms with Gasteiger partial charge in [0.2, 0.25) is 5.88 Å². The Kier molecular flexibility index (Phi) is 6.57. The number of imidazole rings is 1. The maximum Gasteiger partial charge on any atom is 0.320 e. The molecular formula is C30H27F5N8O2. The average molecular weight is 627 g/mol. The van der Waals surface area contributed by atoms with Crippen molar-refractivity contribution in [3.63, 3.8) is 0 Å². The van der Waals surface area contributed by atoms with Gasteiger partial charge in [-0.3, -0.25) is 9.36 Å². The van der Waals surface area contributed by atoms with Crippen LogP contribution in [-0.4, -0.2) is 55.1 Å². The van der Waals surface area contributed by atoms with Crippen LogP contribution in [0.2, 0.25) is 0 Å². The maximum absolute atomic E-state index is 15.5.